The molecule has 136 valence electrons. The summed E-state index contributed by atoms with van der Waals surface area (Å²) in [7, 11) is 0. The Hall–Kier alpha value is -2.24. The van der Waals surface area contributed by atoms with Crippen molar-refractivity contribution in [1.29, 1.82) is 0 Å². The number of carbonyl (C=O) groups is 1. The molecule has 0 bridgehead atoms. The number of nitrogens with one attached hydrogen (secondary N) is 1. The number of hydrogen-bond acceptors (Lipinski definition) is 3. The zero-order valence-electron chi connectivity index (χ0n) is 14.5. The monoisotopic (exact) mass is 355 g/mol. The Bertz CT molecular complexity index is 816. The Morgan fingerprint density at radius 2 is 1.92 bits per heavy atom. The summed E-state index contributed by atoms with van der Waals surface area (Å²) >= 11 is 0. The van der Waals surface area contributed by atoms with Crippen molar-refractivity contribution >= 4 is 5.91 Å². The minimum absolute atomic E-state index is 0.174. The number of ether oxygens (including phenoxy) is 1. The number of carbonyl (C=O) groups excluding carboxylic acids is 1. The lowest BCUT2D eigenvalue weighted by Crippen LogP contribution is -2.50. The van der Waals surface area contributed by atoms with Crippen LogP contribution in [0.3, 0.4) is 0 Å². The topological polar surface area (TPSA) is 58.6 Å². The molecule has 4 nitrogen and oxygen atoms in total. The van der Waals surface area contributed by atoms with Crippen LogP contribution in [-0.4, -0.2) is 30.3 Å². The molecule has 2 atom stereocenters. The van der Waals surface area contributed by atoms with E-state index in [1.807, 2.05) is 24.3 Å². The normalized spacial score (nSPS) is 24.1. The van der Waals surface area contributed by atoms with E-state index in [9.17, 15) is 14.3 Å². The van der Waals surface area contributed by atoms with E-state index < -0.39 is 17.6 Å². The Kier molecular flexibility index (Phi) is 4.51. The molecule has 2 aromatic carbocycles. The summed E-state index contributed by atoms with van der Waals surface area (Å²) in [6.07, 6.45) is 0.859. The quantitative estimate of drug-likeness (QED) is 0.890. The van der Waals surface area contributed by atoms with Crippen LogP contribution in [0.4, 0.5) is 4.39 Å². The minimum Gasteiger partial charge on any atom is -0.390 e. The molecule has 2 aromatic rings. The van der Waals surface area contributed by atoms with E-state index in [4.69, 9.17) is 4.74 Å². The molecular formula is C21H22FNO3. The van der Waals surface area contributed by atoms with Gasteiger partial charge in [0.2, 0.25) is 5.91 Å². The van der Waals surface area contributed by atoms with E-state index in [2.05, 4.69) is 5.32 Å². The second-order valence-electron chi connectivity index (χ2n) is 7.13. The van der Waals surface area contributed by atoms with Gasteiger partial charge in [-0.3, -0.25) is 4.79 Å². The van der Waals surface area contributed by atoms with E-state index in [1.165, 1.54) is 12.1 Å². The molecule has 4 rings (SSSR count). The molecule has 0 unspecified atom stereocenters. The summed E-state index contributed by atoms with van der Waals surface area (Å²) in [5.41, 5.74) is 1.84. The van der Waals surface area contributed by atoms with Crippen molar-refractivity contribution in [2.24, 2.45) is 0 Å². The lowest BCUT2D eigenvalue weighted by Gasteiger charge is -2.37. The lowest BCUT2D eigenvalue weighted by molar-refractivity contribution is -0.132. The van der Waals surface area contributed by atoms with Crippen molar-refractivity contribution in [3.63, 3.8) is 0 Å². The number of aliphatic hydroxyl groups is 1. The number of hydrogen-bond donors (Lipinski definition) is 2. The first-order valence-corrected chi connectivity index (χ1v) is 9.01. The number of rotatable bonds is 3. The second-order valence-corrected chi connectivity index (χ2v) is 7.13. The van der Waals surface area contributed by atoms with Gasteiger partial charge in [-0.2, -0.15) is 0 Å². The van der Waals surface area contributed by atoms with E-state index in [-0.39, 0.29) is 11.7 Å². The molecular weight excluding hydrogens is 333 g/mol. The van der Waals surface area contributed by atoms with Gasteiger partial charge in [0.25, 0.3) is 0 Å². The van der Waals surface area contributed by atoms with Gasteiger partial charge in [-0.15, -0.1) is 0 Å². The van der Waals surface area contributed by atoms with Crippen LogP contribution in [0.25, 0.3) is 0 Å². The van der Waals surface area contributed by atoms with Gasteiger partial charge >= 0.3 is 0 Å². The highest BCUT2D eigenvalue weighted by Gasteiger charge is 2.44. The Labute approximate surface area is 152 Å². The zero-order valence-corrected chi connectivity index (χ0v) is 14.5. The third-order valence-corrected chi connectivity index (χ3v) is 5.65. The van der Waals surface area contributed by atoms with Crippen molar-refractivity contribution < 1.29 is 19.0 Å². The standard InChI is InChI=1S/C21H22FNO3/c22-16-6-3-5-15(13-16)21(8-10-26-11-9-21)20(25)23-19-17-7-2-1-4-14(17)12-18(19)24/h1-7,13,18-19,24H,8-12H2,(H,23,25)/t18-,19+/m0/s1. The zero-order chi connectivity index (χ0) is 18.1. The van der Waals surface area contributed by atoms with Gasteiger partial charge < -0.3 is 15.2 Å². The van der Waals surface area contributed by atoms with Crippen molar-refractivity contribution in [2.75, 3.05) is 13.2 Å². The fraction of sp³-hybridized carbons (Fsp3) is 0.381. The fourth-order valence-corrected chi connectivity index (χ4v) is 4.18. The van der Waals surface area contributed by atoms with Gasteiger partial charge in [-0.1, -0.05) is 36.4 Å². The summed E-state index contributed by atoms with van der Waals surface area (Å²) < 4.78 is 19.3. The van der Waals surface area contributed by atoms with E-state index in [0.717, 1.165) is 11.1 Å². The largest absolute Gasteiger partial charge is 0.390 e. The highest BCUT2D eigenvalue weighted by atomic mass is 19.1. The Morgan fingerprint density at radius 3 is 2.69 bits per heavy atom. The van der Waals surface area contributed by atoms with E-state index >= 15 is 0 Å². The predicted molar refractivity (Wildman–Crippen MR) is 95.2 cm³/mol. The average Bonchev–Trinajstić information content (AvgIpc) is 2.98. The number of halogens is 1. The molecule has 5 heteroatoms. The fourth-order valence-electron chi connectivity index (χ4n) is 4.18. The first-order valence-electron chi connectivity index (χ1n) is 9.01. The Balaban J connectivity index is 1.66. The van der Waals surface area contributed by atoms with Crippen molar-refractivity contribution in [3.05, 3.63) is 71.0 Å². The number of fused-ring (bicyclic) bond motifs is 1. The summed E-state index contributed by atoms with van der Waals surface area (Å²) in [4.78, 5) is 13.3. The van der Waals surface area contributed by atoms with Crippen molar-refractivity contribution in [3.8, 4) is 0 Å². The molecule has 2 aliphatic rings. The van der Waals surface area contributed by atoms with Gasteiger partial charge in [-0.25, -0.2) is 4.39 Å². The maximum Gasteiger partial charge on any atom is 0.231 e. The van der Waals surface area contributed by atoms with Crippen LogP contribution in [0.5, 0.6) is 0 Å². The van der Waals surface area contributed by atoms with Gasteiger partial charge in [0, 0.05) is 19.6 Å². The second kappa shape index (κ2) is 6.82. The minimum atomic E-state index is -0.836. The Morgan fingerprint density at radius 1 is 1.15 bits per heavy atom. The maximum absolute atomic E-state index is 13.8. The maximum atomic E-state index is 13.8. The smallest absolute Gasteiger partial charge is 0.231 e. The first-order chi connectivity index (χ1) is 12.6. The van der Waals surface area contributed by atoms with Crippen LogP contribution in [0, 0.1) is 5.82 Å². The number of amides is 1. The van der Waals surface area contributed by atoms with Gasteiger partial charge in [0.1, 0.15) is 5.82 Å². The molecule has 1 heterocycles. The predicted octanol–water partition coefficient (Wildman–Crippen LogP) is 2.65. The lowest BCUT2D eigenvalue weighted by atomic mass is 9.73. The number of benzene rings is 2. The highest BCUT2D eigenvalue weighted by molar-refractivity contribution is 5.89. The van der Waals surface area contributed by atoms with E-state index in [1.54, 1.807) is 12.1 Å². The summed E-state index contributed by atoms with van der Waals surface area (Å²) in [5, 5.41) is 13.5. The molecule has 1 aliphatic carbocycles. The van der Waals surface area contributed by atoms with Crippen molar-refractivity contribution in [1.82, 2.24) is 5.32 Å². The summed E-state index contributed by atoms with van der Waals surface area (Å²) in [6, 6.07) is 13.6. The van der Waals surface area contributed by atoms with Crippen LogP contribution in [0.15, 0.2) is 48.5 Å². The molecule has 1 amide bonds. The summed E-state index contributed by atoms with van der Waals surface area (Å²) in [5.74, 6) is -0.528. The highest BCUT2D eigenvalue weighted by Crippen LogP contribution is 2.38. The molecule has 1 aliphatic heterocycles. The molecule has 26 heavy (non-hydrogen) atoms. The molecule has 0 aromatic heterocycles. The van der Waals surface area contributed by atoms with Gasteiger partial charge in [0.05, 0.1) is 17.6 Å². The van der Waals surface area contributed by atoms with Crippen molar-refractivity contribution in [2.45, 2.75) is 36.8 Å². The molecule has 0 saturated carbocycles. The van der Waals surface area contributed by atoms with Crippen LogP contribution in [-0.2, 0) is 21.4 Å². The van der Waals surface area contributed by atoms with Crippen LogP contribution in [0.2, 0.25) is 0 Å². The van der Waals surface area contributed by atoms with Crippen LogP contribution >= 0.6 is 0 Å². The summed E-state index contributed by atoms with van der Waals surface area (Å²) in [6.45, 7) is 0.904. The molecule has 1 saturated heterocycles. The SMILES string of the molecule is O=C(N[C@@H]1c2ccccc2C[C@@H]1O)C1(c2cccc(F)c2)CCOCC1. The van der Waals surface area contributed by atoms with Gasteiger partial charge in [0.15, 0.2) is 0 Å². The molecule has 0 spiro atoms. The third kappa shape index (κ3) is 2.91. The molecule has 2 N–H and O–H groups in total. The van der Waals surface area contributed by atoms with Crippen LogP contribution in [0.1, 0.15) is 35.6 Å². The van der Waals surface area contributed by atoms with Gasteiger partial charge in [-0.05, 0) is 41.7 Å². The van der Waals surface area contributed by atoms with E-state index in [0.29, 0.717) is 38.0 Å². The third-order valence-electron chi connectivity index (χ3n) is 5.65. The molecule has 1 fully saturated rings. The number of aliphatic hydroxyl groups excluding tert-OH is 1. The van der Waals surface area contributed by atoms with Crippen LogP contribution < -0.4 is 5.32 Å². The average molecular weight is 355 g/mol. The molecule has 0 radical (unpaired) electrons. The first kappa shape index (κ1) is 17.2.